The first kappa shape index (κ1) is 20.8. The monoisotopic (exact) mass is 413 g/mol. The molecular weight excluding hydrogens is 384 g/mol. The zero-order chi connectivity index (χ0) is 21.1. The van der Waals surface area contributed by atoms with Crippen LogP contribution >= 0.6 is 0 Å². The fraction of sp³-hybridized carbons (Fsp3) is 0.458. The van der Waals surface area contributed by atoms with E-state index < -0.39 is 6.43 Å². The third-order valence-electron chi connectivity index (χ3n) is 6.57. The standard InChI is InChI=1S/C24H29F2N3O/c1-17-16-29(12-6-14-30-19-7-4-3-5-8-19)13-11-24(17,2)18-9-10-20-21(15-18)28-23(27-20)22(25)26/h3-5,7-10,15,17,22H,6,11-14,16H2,1-2H3,(H,27,28). The number of likely N-dealkylation sites (tertiary alicyclic amines) is 1. The average molecular weight is 414 g/mol. The molecule has 2 heterocycles. The Morgan fingerprint density at radius 3 is 2.77 bits per heavy atom. The molecule has 0 radical (unpaired) electrons. The van der Waals surface area contributed by atoms with E-state index in [9.17, 15) is 8.78 Å². The number of nitrogens with zero attached hydrogens (tertiary/aromatic N) is 2. The lowest BCUT2D eigenvalue weighted by atomic mass is 9.68. The minimum atomic E-state index is -2.58. The molecule has 1 aromatic heterocycles. The van der Waals surface area contributed by atoms with Crippen molar-refractivity contribution in [3.63, 3.8) is 0 Å². The number of nitrogens with one attached hydrogen (secondary N) is 1. The maximum atomic E-state index is 13.0. The molecule has 0 amide bonds. The molecule has 6 heteroatoms. The summed E-state index contributed by atoms with van der Waals surface area (Å²) < 4.78 is 31.7. The molecule has 2 atom stereocenters. The highest BCUT2D eigenvalue weighted by atomic mass is 19.3. The van der Waals surface area contributed by atoms with E-state index in [2.05, 4.69) is 34.8 Å². The van der Waals surface area contributed by atoms with Gasteiger partial charge in [-0.3, -0.25) is 0 Å². The van der Waals surface area contributed by atoms with Gasteiger partial charge in [0.1, 0.15) is 5.75 Å². The van der Waals surface area contributed by atoms with Gasteiger partial charge in [-0.1, -0.05) is 38.1 Å². The summed E-state index contributed by atoms with van der Waals surface area (Å²) in [6.07, 6.45) is -0.552. The third-order valence-corrected chi connectivity index (χ3v) is 6.57. The molecule has 1 saturated heterocycles. The Morgan fingerprint density at radius 1 is 1.23 bits per heavy atom. The van der Waals surface area contributed by atoms with Gasteiger partial charge in [0.05, 0.1) is 17.6 Å². The second kappa shape index (κ2) is 8.72. The molecule has 0 bridgehead atoms. The molecule has 1 fully saturated rings. The Bertz CT molecular complexity index is 975. The van der Waals surface area contributed by atoms with Gasteiger partial charge in [-0.15, -0.1) is 0 Å². The number of hydrogen-bond donors (Lipinski definition) is 1. The minimum Gasteiger partial charge on any atom is -0.494 e. The van der Waals surface area contributed by atoms with Crippen LogP contribution in [0.25, 0.3) is 11.0 Å². The van der Waals surface area contributed by atoms with Crippen molar-refractivity contribution in [2.75, 3.05) is 26.2 Å². The number of imidazole rings is 1. The summed E-state index contributed by atoms with van der Waals surface area (Å²) in [6.45, 7) is 8.34. The molecule has 0 saturated carbocycles. The van der Waals surface area contributed by atoms with Crippen molar-refractivity contribution in [1.29, 1.82) is 0 Å². The van der Waals surface area contributed by atoms with Crippen LogP contribution < -0.4 is 4.74 Å². The second-order valence-electron chi connectivity index (χ2n) is 8.54. The molecule has 0 spiro atoms. The third kappa shape index (κ3) is 4.33. The maximum Gasteiger partial charge on any atom is 0.295 e. The van der Waals surface area contributed by atoms with Gasteiger partial charge < -0.3 is 14.6 Å². The highest BCUT2D eigenvalue weighted by Crippen LogP contribution is 2.40. The van der Waals surface area contributed by atoms with Gasteiger partial charge in [-0.2, -0.15) is 0 Å². The first-order valence-electron chi connectivity index (χ1n) is 10.6. The maximum absolute atomic E-state index is 13.0. The number of halogens is 2. The van der Waals surface area contributed by atoms with Crippen LogP contribution in [0.15, 0.2) is 48.5 Å². The van der Waals surface area contributed by atoms with Crippen molar-refractivity contribution >= 4 is 11.0 Å². The molecular formula is C24H29F2N3O. The number of H-pyrrole nitrogens is 1. The topological polar surface area (TPSA) is 41.1 Å². The number of alkyl halides is 2. The van der Waals surface area contributed by atoms with Gasteiger partial charge in [-0.25, -0.2) is 13.8 Å². The predicted molar refractivity (Wildman–Crippen MR) is 115 cm³/mol. The van der Waals surface area contributed by atoms with Crippen molar-refractivity contribution in [2.45, 2.75) is 38.5 Å². The van der Waals surface area contributed by atoms with Gasteiger partial charge in [-0.05, 0) is 60.5 Å². The first-order chi connectivity index (χ1) is 14.5. The molecule has 2 unspecified atom stereocenters. The summed E-state index contributed by atoms with van der Waals surface area (Å²) in [6, 6.07) is 15.8. The summed E-state index contributed by atoms with van der Waals surface area (Å²) in [4.78, 5) is 9.30. The van der Waals surface area contributed by atoms with E-state index in [1.54, 1.807) is 0 Å². The normalized spacial score (nSPS) is 22.6. The van der Waals surface area contributed by atoms with Crippen molar-refractivity contribution < 1.29 is 13.5 Å². The molecule has 4 nitrogen and oxygen atoms in total. The average Bonchev–Trinajstić information content (AvgIpc) is 3.18. The van der Waals surface area contributed by atoms with Crippen molar-refractivity contribution in [2.24, 2.45) is 5.92 Å². The van der Waals surface area contributed by atoms with Gasteiger partial charge in [0, 0.05) is 13.1 Å². The number of hydrogen-bond acceptors (Lipinski definition) is 3. The molecule has 3 aromatic rings. The minimum absolute atomic E-state index is 0.00910. The van der Waals surface area contributed by atoms with E-state index in [-0.39, 0.29) is 11.2 Å². The lowest BCUT2D eigenvalue weighted by Crippen LogP contribution is -2.47. The molecule has 160 valence electrons. The largest absolute Gasteiger partial charge is 0.494 e. The Kier molecular flexibility index (Phi) is 6.04. The highest BCUT2D eigenvalue weighted by molar-refractivity contribution is 5.76. The SMILES string of the molecule is CC1CN(CCCOc2ccccc2)CCC1(C)c1ccc2[nH]c(C(F)F)nc2c1. The quantitative estimate of drug-likeness (QED) is 0.515. The number of aromatic nitrogens is 2. The zero-order valence-corrected chi connectivity index (χ0v) is 17.6. The van der Waals surface area contributed by atoms with E-state index in [0.717, 1.165) is 38.2 Å². The Labute approximate surface area is 176 Å². The summed E-state index contributed by atoms with van der Waals surface area (Å²) in [7, 11) is 0. The van der Waals surface area contributed by atoms with Crippen LogP contribution in [-0.2, 0) is 5.41 Å². The molecule has 1 aliphatic heterocycles. The van der Waals surface area contributed by atoms with Gasteiger partial charge in [0.15, 0.2) is 5.82 Å². The summed E-state index contributed by atoms with van der Waals surface area (Å²) in [5.41, 5.74) is 2.48. The van der Waals surface area contributed by atoms with Crippen LogP contribution in [0.1, 0.15) is 44.5 Å². The van der Waals surface area contributed by atoms with Crippen LogP contribution in [0.3, 0.4) is 0 Å². The van der Waals surface area contributed by atoms with Crippen LogP contribution in [0.2, 0.25) is 0 Å². The van der Waals surface area contributed by atoms with E-state index in [4.69, 9.17) is 4.74 Å². The number of aromatic amines is 1. The van der Waals surface area contributed by atoms with E-state index >= 15 is 0 Å². The van der Waals surface area contributed by atoms with Crippen LogP contribution in [0.5, 0.6) is 5.75 Å². The Morgan fingerprint density at radius 2 is 2.03 bits per heavy atom. The van der Waals surface area contributed by atoms with Gasteiger partial charge in [0.2, 0.25) is 0 Å². The number of piperidine rings is 1. The van der Waals surface area contributed by atoms with Gasteiger partial charge >= 0.3 is 0 Å². The number of benzene rings is 2. The molecule has 1 aliphatic rings. The highest BCUT2D eigenvalue weighted by Gasteiger charge is 2.38. The lowest BCUT2D eigenvalue weighted by molar-refractivity contribution is 0.106. The fourth-order valence-electron chi connectivity index (χ4n) is 4.43. The van der Waals surface area contributed by atoms with E-state index in [0.29, 0.717) is 23.6 Å². The second-order valence-corrected chi connectivity index (χ2v) is 8.54. The molecule has 2 aromatic carbocycles. The number of ether oxygens (including phenoxy) is 1. The van der Waals surface area contributed by atoms with E-state index in [1.807, 2.05) is 42.5 Å². The molecule has 30 heavy (non-hydrogen) atoms. The summed E-state index contributed by atoms with van der Waals surface area (Å²) in [5, 5.41) is 0. The summed E-state index contributed by atoms with van der Waals surface area (Å²) in [5.74, 6) is 1.11. The van der Waals surface area contributed by atoms with Crippen LogP contribution in [0, 0.1) is 5.92 Å². The van der Waals surface area contributed by atoms with Crippen LogP contribution in [0.4, 0.5) is 8.78 Å². The smallest absolute Gasteiger partial charge is 0.295 e. The number of para-hydroxylation sites is 1. The van der Waals surface area contributed by atoms with Crippen molar-refractivity contribution in [1.82, 2.24) is 14.9 Å². The fourth-order valence-corrected chi connectivity index (χ4v) is 4.43. The summed E-state index contributed by atoms with van der Waals surface area (Å²) >= 11 is 0. The molecule has 4 rings (SSSR count). The lowest BCUT2D eigenvalue weighted by Gasteiger charge is -2.45. The van der Waals surface area contributed by atoms with Crippen molar-refractivity contribution in [3.8, 4) is 5.75 Å². The predicted octanol–water partition coefficient (Wildman–Crippen LogP) is 5.57. The number of fused-ring (bicyclic) bond motifs is 1. The first-order valence-corrected chi connectivity index (χ1v) is 10.6. The zero-order valence-electron chi connectivity index (χ0n) is 17.6. The Hall–Kier alpha value is -2.47. The van der Waals surface area contributed by atoms with Crippen molar-refractivity contribution in [3.05, 3.63) is 59.9 Å². The van der Waals surface area contributed by atoms with Gasteiger partial charge in [0.25, 0.3) is 6.43 Å². The van der Waals surface area contributed by atoms with Crippen LogP contribution in [-0.4, -0.2) is 41.1 Å². The molecule has 0 aliphatic carbocycles. The number of rotatable bonds is 7. The van der Waals surface area contributed by atoms with E-state index in [1.165, 1.54) is 5.56 Å². The molecule has 1 N–H and O–H groups in total. The Balaban J connectivity index is 1.35.